The molecule has 1 unspecified atom stereocenters. The van der Waals surface area contributed by atoms with E-state index < -0.39 is 0 Å². The SMILES string of the molecule is CCC(C)(CCC(C)(C)OC)CNC(C)C. The van der Waals surface area contributed by atoms with Gasteiger partial charge in [-0.25, -0.2) is 0 Å². The molecule has 0 saturated carbocycles. The van der Waals surface area contributed by atoms with Gasteiger partial charge in [0.05, 0.1) is 5.60 Å². The lowest BCUT2D eigenvalue weighted by molar-refractivity contribution is 0.00420. The molecule has 0 amide bonds. The summed E-state index contributed by atoms with van der Waals surface area (Å²) in [6, 6.07) is 0.571. The van der Waals surface area contributed by atoms with Crippen LogP contribution in [0.25, 0.3) is 0 Å². The standard InChI is InChI=1S/C14H31NO/c1-8-14(6,11-15-12(2)3)10-9-13(4,5)16-7/h12,15H,8-11H2,1-7H3. The van der Waals surface area contributed by atoms with Crippen molar-refractivity contribution in [2.75, 3.05) is 13.7 Å². The van der Waals surface area contributed by atoms with E-state index in [2.05, 4.69) is 46.9 Å². The molecule has 0 aliphatic rings. The molecule has 1 atom stereocenters. The number of methoxy groups -OCH3 is 1. The van der Waals surface area contributed by atoms with Gasteiger partial charge >= 0.3 is 0 Å². The number of rotatable bonds is 8. The Bertz CT molecular complexity index is 189. The van der Waals surface area contributed by atoms with Crippen LogP contribution >= 0.6 is 0 Å². The maximum Gasteiger partial charge on any atom is 0.0623 e. The Morgan fingerprint density at radius 1 is 1.12 bits per heavy atom. The average Bonchev–Trinajstić information content (AvgIpc) is 2.24. The van der Waals surface area contributed by atoms with Crippen LogP contribution in [0.5, 0.6) is 0 Å². The van der Waals surface area contributed by atoms with Gasteiger partial charge in [-0.2, -0.15) is 0 Å². The summed E-state index contributed by atoms with van der Waals surface area (Å²) in [5, 5.41) is 3.55. The van der Waals surface area contributed by atoms with Crippen molar-refractivity contribution in [3.05, 3.63) is 0 Å². The van der Waals surface area contributed by atoms with Crippen LogP contribution in [0.1, 0.15) is 60.8 Å². The molecule has 0 aromatic carbocycles. The molecular formula is C14H31NO. The second-order valence-electron chi connectivity index (χ2n) is 6.16. The minimum absolute atomic E-state index is 0.00820. The first kappa shape index (κ1) is 15.9. The molecule has 1 N–H and O–H groups in total. The van der Waals surface area contributed by atoms with E-state index >= 15 is 0 Å². The number of ether oxygens (including phenoxy) is 1. The lowest BCUT2D eigenvalue weighted by atomic mass is 9.80. The number of hydrogen-bond acceptors (Lipinski definition) is 2. The summed E-state index contributed by atoms with van der Waals surface area (Å²) in [6.45, 7) is 14.5. The van der Waals surface area contributed by atoms with Gasteiger partial charge in [-0.05, 0) is 38.5 Å². The Hall–Kier alpha value is -0.0800. The summed E-state index contributed by atoms with van der Waals surface area (Å²) in [4.78, 5) is 0. The molecule has 0 heterocycles. The fourth-order valence-electron chi connectivity index (χ4n) is 1.55. The summed E-state index contributed by atoms with van der Waals surface area (Å²) in [5.74, 6) is 0. The van der Waals surface area contributed by atoms with Gasteiger partial charge in [-0.1, -0.05) is 27.7 Å². The van der Waals surface area contributed by atoms with Crippen LogP contribution in [0.4, 0.5) is 0 Å². The minimum Gasteiger partial charge on any atom is -0.379 e. The van der Waals surface area contributed by atoms with Gasteiger partial charge < -0.3 is 10.1 Å². The van der Waals surface area contributed by atoms with Crippen LogP contribution in [0.3, 0.4) is 0 Å². The Labute approximate surface area is 102 Å². The molecule has 98 valence electrons. The van der Waals surface area contributed by atoms with E-state index in [1.165, 1.54) is 12.8 Å². The van der Waals surface area contributed by atoms with Crippen molar-refractivity contribution >= 4 is 0 Å². The van der Waals surface area contributed by atoms with Gasteiger partial charge in [-0.3, -0.25) is 0 Å². The van der Waals surface area contributed by atoms with Crippen molar-refractivity contribution in [2.45, 2.75) is 72.4 Å². The van der Waals surface area contributed by atoms with Crippen molar-refractivity contribution in [1.82, 2.24) is 5.32 Å². The Morgan fingerprint density at radius 3 is 2.06 bits per heavy atom. The smallest absolute Gasteiger partial charge is 0.0623 e. The highest BCUT2D eigenvalue weighted by Crippen LogP contribution is 2.30. The van der Waals surface area contributed by atoms with E-state index in [0.29, 0.717) is 11.5 Å². The predicted molar refractivity (Wildman–Crippen MR) is 71.9 cm³/mol. The van der Waals surface area contributed by atoms with Crippen LogP contribution in [0.15, 0.2) is 0 Å². The van der Waals surface area contributed by atoms with Gasteiger partial charge in [0.25, 0.3) is 0 Å². The third kappa shape index (κ3) is 6.49. The van der Waals surface area contributed by atoms with Crippen LogP contribution < -0.4 is 5.32 Å². The summed E-state index contributed by atoms with van der Waals surface area (Å²) in [7, 11) is 1.80. The van der Waals surface area contributed by atoms with Crippen LogP contribution in [0.2, 0.25) is 0 Å². The van der Waals surface area contributed by atoms with Gasteiger partial charge in [0.2, 0.25) is 0 Å². The first-order valence-corrected chi connectivity index (χ1v) is 6.53. The van der Waals surface area contributed by atoms with Gasteiger partial charge in [0, 0.05) is 19.7 Å². The second kappa shape index (κ2) is 6.61. The minimum atomic E-state index is 0.00820. The first-order valence-electron chi connectivity index (χ1n) is 6.53. The maximum atomic E-state index is 5.48. The summed E-state index contributed by atoms with van der Waals surface area (Å²) in [5.41, 5.74) is 0.397. The molecule has 0 aromatic rings. The topological polar surface area (TPSA) is 21.3 Å². The number of nitrogens with one attached hydrogen (secondary N) is 1. The predicted octanol–water partition coefficient (Wildman–Crippen LogP) is 3.61. The van der Waals surface area contributed by atoms with Crippen molar-refractivity contribution < 1.29 is 4.74 Å². The zero-order valence-corrected chi connectivity index (χ0v) is 12.3. The van der Waals surface area contributed by atoms with Crippen molar-refractivity contribution in [3.63, 3.8) is 0 Å². The summed E-state index contributed by atoms with van der Waals surface area (Å²) < 4.78 is 5.48. The molecular weight excluding hydrogens is 198 g/mol. The quantitative estimate of drug-likeness (QED) is 0.686. The Balaban J connectivity index is 4.16. The fraction of sp³-hybridized carbons (Fsp3) is 1.00. The van der Waals surface area contributed by atoms with E-state index in [1.54, 1.807) is 7.11 Å². The highest BCUT2D eigenvalue weighted by molar-refractivity contribution is 4.80. The first-order chi connectivity index (χ1) is 7.24. The van der Waals surface area contributed by atoms with E-state index in [-0.39, 0.29) is 5.60 Å². The molecule has 0 aliphatic heterocycles. The Morgan fingerprint density at radius 2 is 1.69 bits per heavy atom. The fourth-order valence-corrected chi connectivity index (χ4v) is 1.55. The van der Waals surface area contributed by atoms with E-state index in [4.69, 9.17) is 4.74 Å². The molecule has 2 heteroatoms. The molecule has 0 aromatic heterocycles. The molecule has 0 bridgehead atoms. The zero-order valence-electron chi connectivity index (χ0n) is 12.3. The molecule has 0 rings (SSSR count). The van der Waals surface area contributed by atoms with Crippen LogP contribution in [-0.4, -0.2) is 25.3 Å². The molecule has 2 nitrogen and oxygen atoms in total. The largest absolute Gasteiger partial charge is 0.379 e. The highest BCUT2D eigenvalue weighted by Gasteiger charge is 2.26. The maximum absolute atomic E-state index is 5.48. The average molecular weight is 229 g/mol. The third-order valence-electron chi connectivity index (χ3n) is 3.67. The monoisotopic (exact) mass is 229 g/mol. The second-order valence-corrected chi connectivity index (χ2v) is 6.16. The van der Waals surface area contributed by atoms with E-state index in [9.17, 15) is 0 Å². The van der Waals surface area contributed by atoms with E-state index in [0.717, 1.165) is 13.0 Å². The summed E-state index contributed by atoms with van der Waals surface area (Å²) >= 11 is 0. The lowest BCUT2D eigenvalue weighted by Gasteiger charge is -2.33. The van der Waals surface area contributed by atoms with E-state index in [1.807, 2.05) is 0 Å². The van der Waals surface area contributed by atoms with Crippen molar-refractivity contribution in [1.29, 1.82) is 0 Å². The molecule has 0 aliphatic carbocycles. The van der Waals surface area contributed by atoms with Gasteiger partial charge in [-0.15, -0.1) is 0 Å². The van der Waals surface area contributed by atoms with Crippen LogP contribution in [-0.2, 0) is 4.74 Å². The lowest BCUT2D eigenvalue weighted by Crippen LogP contribution is -2.37. The number of hydrogen-bond donors (Lipinski definition) is 1. The van der Waals surface area contributed by atoms with Crippen LogP contribution in [0, 0.1) is 5.41 Å². The molecule has 16 heavy (non-hydrogen) atoms. The van der Waals surface area contributed by atoms with Gasteiger partial charge in [0.1, 0.15) is 0 Å². The molecule has 0 saturated heterocycles. The third-order valence-corrected chi connectivity index (χ3v) is 3.67. The summed E-state index contributed by atoms with van der Waals surface area (Å²) in [6.07, 6.45) is 3.55. The van der Waals surface area contributed by atoms with Gasteiger partial charge in [0.15, 0.2) is 0 Å². The highest BCUT2D eigenvalue weighted by atomic mass is 16.5. The van der Waals surface area contributed by atoms with Crippen molar-refractivity contribution in [2.24, 2.45) is 5.41 Å². The van der Waals surface area contributed by atoms with Crippen molar-refractivity contribution in [3.8, 4) is 0 Å². The zero-order chi connectivity index (χ0) is 12.8. The Kier molecular flexibility index (Phi) is 6.57. The molecule has 0 radical (unpaired) electrons. The molecule has 0 spiro atoms. The molecule has 0 fully saturated rings. The normalized spacial score (nSPS) is 16.5.